The second kappa shape index (κ2) is 14.1. The van der Waals surface area contributed by atoms with Gasteiger partial charge in [0, 0.05) is 16.7 Å². The summed E-state index contributed by atoms with van der Waals surface area (Å²) in [5, 5.41) is 13.3. The van der Waals surface area contributed by atoms with Crippen LogP contribution in [0, 0.1) is 30.9 Å². The summed E-state index contributed by atoms with van der Waals surface area (Å²) in [7, 11) is 0. The molecule has 44 heavy (non-hydrogen) atoms. The van der Waals surface area contributed by atoms with E-state index in [9.17, 15) is 14.4 Å². The lowest BCUT2D eigenvalue weighted by Gasteiger charge is -2.47. The Hall–Kier alpha value is -3.47. The molecule has 2 aliphatic rings. The molecule has 2 aromatic rings. The van der Waals surface area contributed by atoms with Gasteiger partial charge < -0.3 is 10.0 Å². The smallest absolute Gasteiger partial charge is 0.309 e. The lowest BCUT2D eigenvalue weighted by molar-refractivity contribution is -0.459. The Kier molecular flexibility index (Phi) is 10.7. The highest BCUT2D eigenvalue weighted by atomic mass is 35.5. The minimum atomic E-state index is -0.966. The van der Waals surface area contributed by atoms with E-state index in [1.807, 2.05) is 25.1 Å². The molecular weight excluding hydrogens is 574 g/mol. The third-order valence-corrected chi connectivity index (χ3v) is 9.73. The minimum absolute atomic E-state index is 0.0120. The third-order valence-electron chi connectivity index (χ3n) is 9.34. The number of benzene rings is 1. The van der Waals surface area contributed by atoms with Gasteiger partial charge in [-0.3, -0.25) is 19.7 Å². The summed E-state index contributed by atoms with van der Waals surface area (Å²) in [6, 6.07) is 14.8. The van der Waals surface area contributed by atoms with E-state index in [0.717, 1.165) is 56.1 Å². The van der Waals surface area contributed by atoms with Crippen LogP contribution in [0.2, 0.25) is 5.02 Å². The van der Waals surface area contributed by atoms with E-state index >= 15 is 0 Å². The van der Waals surface area contributed by atoms with Gasteiger partial charge in [-0.05, 0) is 75.5 Å². The van der Waals surface area contributed by atoms with Gasteiger partial charge in [0.05, 0.1) is 16.7 Å². The molecule has 0 radical (unpaired) electrons. The Bertz CT molecular complexity index is 1410. The summed E-state index contributed by atoms with van der Waals surface area (Å²) >= 11 is 6.48. The number of allylic oxidation sites excluding steroid dienone is 1. The quantitative estimate of drug-likeness (QED) is 0.108. The lowest BCUT2D eigenvalue weighted by Crippen LogP contribution is -2.55. The topological polar surface area (TPSA) is 89.7 Å². The second-order valence-corrected chi connectivity index (χ2v) is 13.2. The van der Waals surface area contributed by atoms with Gasteiger partial charge in [-0.15, -0.1) is 0 Å². The highest BCUT2D eigenvalue weighted by Crippen LogP contribution is 2.47. The van der Waals surface area contributed by atoms with Crippen LogP contribution in [0.4, 0.5) is 0 Å². The molecular formula is C36H45ClN3O4+. The molecule has 1 spiro atoms. The highest BCUT2D eigenvalue weighted by Gasteiger charge is 2.54. The molecule has 1 aliphatic heterocycles. The number of rotatable bonds is 13. The number of nitrogens with one attached hydrogen (secondary N) is 1. The van der Waals surface area contributed by atoms with Crippen LogP contribution in [-0.4, -0.2) is 51.2 Å². The molecule has 2 atom stereocenters. The van der Waals surface area contributed by atoms with E-state index in [1.165, 1.54) is 4.58 Å². The van der Waals surface area contributed by atoms with E-state index in [1.54, 1.807) is 12.1 Å². The van der Waals surface area contributed by atoms with Gasteiger partial charge in [0.1, 0.15) is 19.2 Å². The Morgan fingerprint density at radius 3 is 2.41 bits per heavy atom. The van der Waals surface area contributed by atoms with Gasteiger partial charge >= 0.3 is 5.97 Å². The second-order valence-electron chi connectivity index (χ2n) is 12.8. The van der Waals surface area contributed by atoms with Crippen molar-refractivity contribution in [2.45, 2.75) is 96.8 Å². The standard InChI is InChI=1S/C36H44ClN3O4/c1-7-26-16-19-36(20-17-26)38-33(29-10-9-24(4)30(37)22-29)35(44)40(36)31(15-8-23(2)3)27-11-13-28(14-12-27)34(43)25(5)39(6)21-18-32(41)42/h11-14,22-23,26,31,33,38H,5-8,15-21H2,1-4H3/p+1. The van der Waals surface area contributed by atoms with Crippen molar-refractivity contribution in [3.8, 4) is 0 Å². The largest absolute Gasteiger partial charge is 0.481 e. The number of Topliss-reactive ketones (excluding diaryl/α,β-unsaturated/α-hetero) is 1. The monoisotopic (exact) mass is 618 g/mol. The maximum Gasteiger partial charge on any atom is 0.309 e. The maximum absolute atomic E-state index is 14.5. The lowest BCUT2D eigenvalue weighted by atomic mass is 9.79. The van der Waals surface area contributed by atoms with Crippen molar-refractivity contribution in [3.05, 3.63) is 82.0 Å². The van der Waals surface area contributed by atoms with Crippen LogP contribution in [-0.2, 0) is 9.59 Å². The fourth-order valence-corrected chi connectivity index (χ4v) is 6.66. The summed E-state index contributed by atoms with van der Waals surface area (Å²) in [6.45, 7) is 16.2. The fraction of sp³-hybridized carbons (Fsp3) is 0.500. The first kappa shape index (κ1) is 33.4. The Morgan fingerprint density at radius 2 is 1.84 bits per heavy atom. The summed E-state index contributed by atoms with van der Waals surface area (Å²) in [5.41, 5.74) is 2.54. The molecule has 1 saturated carbocycles. The molecule has 2 fully saturated rings. The normalized spacial score (nSPS) is 22.2. The molecule has 2 unspecified atom stereocenters. The summed E-state index contributed by atoms with van der Waals surface area (Å²) in [6.07, 6.45) is 6.51. The van der Waals surface area contributed by atoms with Crippen LogP contribution in [0.15, 0.2) is 42.6 Å². The highest BCUT2D eigenvalue weighted by molar-refractivity contribution is 6.31. The van der Waals surface area contributed by atoms with Crippen LogP contribution in [0.25, 0.3) is 0 Å². The molecule has 7 nitrogen and oxygen atoms in total. The van der Waals surface area contributed by atoms with Gasteiger partial charge in [0.25, 0.3) is 5.78 Å². The number of carboxylic acids is 1. The van der Waals surface area contributed by atoms with Gasteiger partial charge in [0.2, 0.25) is 11.6 Å². The number of ketones is 1. The molecule has 2 aromatic carbocycles. The van der Waals surface area contributed by atoms with Crippen molar-refractivity contribution < 1.29 is 24.1 Å². The number of halogens is 1. The van der Waals surface area contributed by atoms with Crippen molar-refractivity contribution >= 4 is 36.0 Å². The third kappa shape index (κ3) is 7.25. The van der Waals surface area contributed by atoms with E-state index in [0.29, 0.717) is 28.0 Å². The van der Waals surface area contributed by atoms with Crippen molar-refractivity contribution in [3.63, 3.8) is 0 Å². The predicted molar refractivity (Wildman–Crippen MR) is 173 cm³/mol. The van der Waals surface area contributed by atoms with E-state index in [-0.39, 0.29) is 36.4 Å². The molecule has 8 heteroatoms. The van der Waals surface area contributed by atoms with E-state index in [4.69, 9.17) is 16.7 Å². The fourth-order valence-electron chi connectivity index (χ4n) is 6.49. The first-order valence-corrected chi connectivity index (χ1v) is 16.1. The summed E-state index contributed by atoms with van der Waals surface area (Å²) < 4.78 is 1.33. The number of aliphatic carboxylic acids is 1. The number of hydrogen-bond donors (Lipinski definition) is 2. The van der Waals surface area contributed by atoms with E-state index in [2.05, 4.69) is 56.4 Å². The number of carbonyl (C=O) groups excluding carboxylic acids is 2. The first-order chi connectivity index (χ1) is 20.9. The van der Waals surface area contributed by atoms with Crippen molar-refractivity contribution in [2.24, 2.45) is 11.8 Å². The summed E-state index contributed by atoms with van der Waals surface area (Å²) in [4.78, 5) is 40.7. The van der Waals surface area contributed by atoms with Crippen molar-refractivity contribution in [1.82, 2.24) is 10.2 Å². The van der Waals surface area contributed by atoms with Gasteiger partial charge in [-0.2, -0.15) is 0 Å². The Balaban J connectivity index is 1.69. The number of carbonyl (C=O) groups is 3. The molecule has 1 saturated heterocycles. The zero-order valence-corrected chi connectivity index (χ0v) is 27.2. The molecule has 4 rings (SSSR count). The average molecular weight is 619 g/mol. The first-order valence-electron chi connectivity index (χ1n) is 15.7. The molecule has 1 aliphatic carbocycles. The zero-order chi connectivity index (χ0) is 32.2. The van der Waals surface area contributed by atoms with Crippen molar-refractivity contribution in [1.29, 1.82) is 0 Å². The molecule has 0 bridgehead atoms. The molecule has 1 heterocycles. The zero-order valence-electron chi connectivity index (χ0n) is 26.4. The summed E-state index contributed by atoms with van der Waals surface area (Å²) in [5.74, 6) is -0.179. The number of carboxylic acid groups (broad SMARTS) is 1. The molecule has 234 valence electrons. The number of nitrogens with zero attached hydrogens (tertiary/aromatic N) is 2. The van der Waals surface area contributed by atoms with Crippen LogP contribution in [0.1, 0.15) is 111 Å². The number of amides is 1. The Morgan fingerprint density at radius 1 is 1.18 bits per heavy atom. The van der Waals surface area contributed by atoms with Crippen molar-refractivity contribution in [2.75, 3.05) is 6.54 Å². The molecule has 0 aromatic heterocycles. The minimum Gasteiger partial charge on any atom is -0.481 e. The van der Waals surface area contributed by atoms with Gasteiger partial charge in [-0.25, -0.2) is 4.58 Å². The van der Waals surface area contributed by atoms with Crippen LogP contribution < -0.4 is 5.32 Å². The van der Waals surface area contributed by atoms with Gasteiger partial charge in [-0.1, -0.05) is 75.2 Å². The van der Waals surface area contributed by atoms with Crippen LogP contribution in [0.5, 0.6) is 0 Å². The Labute approximate surface area is 267 Å². The predicted octanol–water partition coefficient (Wildman–Crippen LogP) is 7.08. The SMILES string of the molecule is C=C(C(=O)c1ccc(C(CCC(C)C)N2C(=O)C(c3c#cc(C)c(Cl)c3)NC23CCC(CC)CC3)cc1)[N+](=C)CCC(=O)O. The van der Waals surface area contributed by atoms with Gasteiger partial charge in [0.15, 0.2) is 6.54 Å². The van der Waals surface area contributed by atoms with Crippen LogP contribution >= 0.6 is 11.6 Å². The van der Waals surface area contributed by atoms with E-state index < -0.39 is 17.7 Å². The maximum atomic E-state index is 14.5. The number of hydrogen-bond acceptors (Lipinski definition) is 4. The average Bonchev–Trinajstić information content (AvgIpc) is 3.28. The molecule has 2 N–H and O–H groups in total. The van der Waals surface area contributed by atoms with Crippen LogP contribution in [0.3, 0.4) is 0 Å². The molecule has 1 amide bonds.